The summed E-state index contributed by atoms with van der Waals surface area (Å²) in [6, 6.07) is 0. The number of hydrogen-bond donors (Lipinski definition) is 1. The zero-order chi connectivity index (χ0) is 10.6. The third kappa shape index (κ3) is 3.36. The van der Waals surface area contributed by atoms with E-state index in [4.69, 9.17) is 5.73 Å². The van der Waals surface area contributed by atoms with Gasteiger partial charge in [0.2, 0.25) is 11.8 Å². The fourth-order valence-electron chi connectivity index (χ4n) is 1.73. The van der Waals surface area contributed by atoms with E-state index in [2.05, 4.69) is 0 Å². The number of piperidine rings is 1. The van der Waals surface area contributed by atoms with Crippen LogP contribution in [0.1, 0.15) is 26.2 Å². The van der Waals surface area contributed by atoms with Crippen molar-refractivity contribution in [2.24, 2.45) is 11.7 Å². The average Bonchev–Trinajstić information content (AvgIpc) is 2.15. The van der Waals surface area contributed by atoms with E-state index < -0.39 is 0 Å². The van der Waals surface area contributed by atoms with E-state index in [1.807, 2.05) is 11.3 Å². The lowest BCUT2D eigenvalue weighted by Gasteiger charge is -2.30. The summed E-state index contributed by atoms with van der Waals surface area (Å²) >= 11 is 0. The van der Waals surface area contributed by atoms with Crippen LogP contribution < -0.4 is 5.73 Å². The highest BCUT2D eigenvalue weighted by atomic mass is 16.2. The van der Waals surface area contributed by atoms with Crippen LogP contribution in [0.5, 0.6) is 0 Å². The third-order valence-electron chi connectivity index (χ3n) is 2.64. The molecule has 0 aromatic rings. The van der Waals surface area contributed by atoms with Crippen LogP contribution in [0.25, 0.3) is 0 Å². The first-order valence-electron chi connectivity index (χ1n) is 4.96. The maximum Gasteiger partial charge on any atom is 0.219 e. The van der Waals surface area contributed by atoms with Gasteiger partial charge in [-0.3, -0.25) is 9.59 Å². The summed E-state index contributed by atoms with van der Waals surface area (Å²) in [5.41, 5.74) is 5.05. The SMILES string of the molecule is CC(=O)N1CCC([CH]CC(N)=O)CC1. The van der Waals surface area contributed by atoms with Gasteiger partial charge in [-0.2, -0.15) is 0 Å². The van der Waals surface area contributed by atoms with Crippen molar-refractivity contribution in [3.63, 3.8) is 0 Å². The lowest BCUT2D eigenvalue weighted by molar-refractivity contribution is -0.130. The quantitative estimate of drug-likeness (QED) is 0.708. The van der Waals surface area contributed by atoms with Crippen LogP contribution in [-0.2, 0) is 9.59 Å². The largest absolute Gasteiger partial charge is 0.370 e. The van der Waals surface area contributed by atoms with Crippen LogP contribution in [0, 0.1) is 12.3 Å². The highest BCUT2D eigenvalue weighted by molar-refractivity contribution is 5.75. The molecule has 0 aromatic heterocycles. The number of hydrogen-bond acceptors (Lipinski definition) is 2. The molecule has 0 atom stereocenters. The number of rotatable bonds is 3. The smallest absolute Gasteiger partial charge is 0.219 e. The van der Waals surface area contributed by atoms with Crippen LogP contribution in [0.4, 0.5) is 0 Å². The van der Waals surface area contributed by atoms with Crippen LogP contribution >= 0.6 is 0 Å². The summed E-state index contributed by atoms with van der Waals surface area (Å²) < 4.78 is 0. The van der Waals surface area contributed by atoms with Gasteiger partial charge >= 0.3 is 0 Å². The number of nitrogens with zero attached hydrogens (tertiary/aromatic N) is 1. The van der Waals surface area contributed by atoms with E-state index in [-0.39, 0.29) is 11.8 Å². The van der Waals surface area contributed by atoms with E-state index in [0.29, 0.717) is 12.3 Å². The summed E-state index contributed by atoms with van der Waals surface area (Å²) in [5, 5.41) is 0. The monoisotopic (exact) mass is 197 g/mol. The minimum atomic E-state index is -0.279. The Morgan fingerprint density at radius 2 is 2.00 bits per heavy atom. The Kier molecular flexibility index (Phi) is 3.92. The number of amides is 2. The number of carbonyl (C=O) groups excluding carboxylic acids is 2. The van der Waals surface area contributed by atoms with E-state index >= 15 is 0 Å². The second-order valence-electron chi connectivity index (χ2n) is 3.75. The molecule has 2 amide bonds. The molecule has 1 radical (unpaired) electrons. The first-order valence-corrected chi connectivity index (χ1v) is 4.96. The predicted octanol–water partition coefficient (Wildman–Crippen LogP) is 0.325. The van der Waals surface area contributed by atoms with Crippen molar-refractivity contribution in [2.45, 2.75) is 26.2 Å². The van der Waals surface area contributed by atoms with E-state index in [9.17, 15) is 9.59 Å². The number of primary amides is 1. The average molecular weight is 197 g/mol. The van der Waals surface area contributed by atoms with E-state index in [1.165, 1.54) is 0 Å². The standard InChI is InChI=1S/C10H17N2O2/c1-8(13)12-6-4-9(5-7-12)2-3-10(11)14/h2,9H,3-7H2,1H3,(H2,11,14). The minimum Gasteiger partial charge on any atom is -0.370 e. The topological polar surface area (TPSA) is 63.4 Å². The number of carbonyl (C=O) groups is 2. The summed E-state index contributed by atoms with van der Waals surface area (Å²) in [7, 11) is 0. The van der Waals surface area contributed by atoms with Crippen molar-refractivity contribution >= 4 is 11.8 Å². The summed E-state index contributed by atoms with van der Waals surface area (Å²) in [4.78, 5) is 23.4. The van der Waals surface area contributed by atoms with Gasteiger partial charge in [0.05, 0.1) is 0 Å². The molecule has 0 saturated carbocycles. The first kappa shape index (κ1) is 11.0. The van der Waals surface area contributed by atoms with Gasteiger partial charge < -0.3 is 10.6 Å². The lowest BCUT2D eigenvalue weighted by atomic mass is 9.92. The third-order valence-corrected chi connectivity index (χ3v) is 2.64. The molecule has 0 aliphatic carbocycles. The zero-order valence-electron chi connectivity index (χ0n) is 8.53. The van der Waals surface area contributed by atoms with Gasteiger partial charge in [-0.1, -0.05) is 0 Å². The molecule has 0 aromatic carbocycles. The number of nitrogens with two attached hydrogens (primary N) is 1. The molecule has 4 nitrogen and oxygen atoms in total. The van der Waals surface area contributed by atoms with E-state index in [0.717, 1.165) is 25.9 Å². The first-order chi connectivity index (χ1) is 6.59. The minimum absolute atomic E-state index is 0.137. The molecule has 1 saturated heterocycles. The van der Waals surface area contributed by atoms with Crippen molar-refractivity contribution < 1.29 is 9.59 Å². The fourth-order valence-corrected chi connectivity index (χ4v) is 1.73. The molecule has 1 aliphatic heterocycles. The van der Waals surface area contributed by atoms with Crippen molar-refractivity contribution in [3.8, 4) is 0 Å². The highest BCUT2D eigenvalue weighted by Crippen LogP contribution is 2.20. The highest BCUT2D eigenvalue weighted by Gasteiger charge is 2.20. The molecule has 1 heterocycles. The molecule has 0 bridgehead atoms. The van der Waals surface area contributed by atoms with Gasteiger partial charge in [0.25, 0.3) is 0 Å². The van der Waals surface area contributed by atoms with Gasteiger partial charge in [-0.05, 0) is 25.2 Å². The number of likely N-dealkylation sites (tertiary alicyclic amines) is 1. The molecule has 14 heavy (non-hydrogen) atoms. The molecular weight excluding hydrogens is 180 g/mol. The molecule has 1 rings (SSSR count). The summed E-state index contributed by atoms with van der Waals surface area (Å²) in [5.74, 6) is 0.301. The Hall–Kier alpha value is -1.06. The van der Waals surface area contributed by atoms with Crippen LogP contribution in [0.3, 0.4) is 0 Å². The Balaban J connectivity index is 2.22. The Morgan fingerprint density at radius 1 is 1.43 bits per heavy atom. The molecule has 0 unspecified atom stereocenters. The van der Waals surface area contributed by atoms with E-state index in [1.54, 1.807) is 6.92 Å². The predicted molar refractivity (Wildman–Crippen MR) is 53.1 cm³/mol. The molecule has 1 fully saturated rings. The van der Waals surface area contributed by atoms with Crippen molar-refractivity contribution in [1.82, 2.24) is 4.90 Å². The lowest BCUT2D eigenvalue weighted by Crippen LogP contribution is -2.37. The van der Waals surface area contributed by atoms with Crippen LogP contribution in [0.2, 0.25) is 0 Å². The zero-order valence-corrected chi connectivity index (χ0v) is 8.53. The molecule has 1 aliphatic rings. The Labute approximate surface area is 84.4 Å². The van der Waals surface area contributed by atoms with Gasteiger partial charge in [0.1, 0.15) is 0 Å². The molecular formula is C10H17N2O2. The van der Waals surface area contributed by atoms with Gasteiger partial charge in [-0.25, -0.2) is 0 Å². The maximum absolute atomic E-state index is 11.0. The summed E-state index contributed by atoms with van der Waals surface area (Å²) in [6.07, 6.45) is 4.23. The van der Waals surface area contributed by atoms with Crippen molar-refractivity contribution in [1.29, 1.82) is 0 Å². The fraction of sp³-hybridized carbons (Fsp3) is 0.700. The molecule has 0 spiro atoms. The maximum atomic E-state index is 11.0. The second kappa shape index (κ2) is 4.98. The van der Waals surface area contributed by atoms with Crippen LogP contribution in [0.15, 0.2) is 0 Å². The Bertz CT molecular complexity index is 220. The molecule has 2 N–H and O–H groups in total. The Morgan fingerprint density at radius 3 is 2.43 bits per heavy atom. The van der Waals surface area contributed by atoms with Crippen LogP contribution in [-0.4, -0.2) is 29.8 Å². The van der Waals surface area contributed by atoms with Gasteiger partial charge in [0, 0.05) is 26.4 Å². The molecule has 79 valence electrons. The second-order valence-corrected chi connectivity index (χ2v) is 3.75. The van der Waals surface area contributed by atoms with Crippen molar-refractivity contribution in [2.75, 3.05) is 13.1 Å². The summed E-state index contributed by atoms with van der Waals surface area (Å²) in [6.45, 7) is 3.19. The normalized spacial score (nSPS) is 18.2. The molecule has 4 heteroatoms. The van der Waals surface area contributed by atoms with Gasteiger partial charge in [-0.15, -0.1) is 0 Å². The van der Waals surface area contributed by atoms with Crippen molar-refractivity contribution in [3.05, 3.63) is 6.42 Å². The van der Waals surface area contributed by atoms with Gasteiger partial charge in [0.15, 0.2) is 0 Å².